The molecule has 2 aromatic carbocycles. The van der Waals surface area contributed by atoms with Gasteiger partial charge in [0.25, 0.3) is 0 Å². The van der Waals surface area contributed by atoms with Crippen molar-refractivity contribution in [3.8, 4) is 0 Å². The summed E-state index contributed by atoms with van der Waals surface area (Å²) in [4.78, 5) is 12.6. The van der Waals surface area contributed by atoms with Gasteiger partial charge < -0.3 is 0 Å². The number of rotatable bonds is 3. The van der Waals surface area contributed by atoms with E-state index in [-0.39, 0.29) is 11.0 Å². The molecule has 0 bridgehead atoms. The number of nitrogens with zero attached hydrogens (tertiary/aromatic N) is 2. The van der Waals surface area contributed by atoms with Gasteiger partial charge in [-0.3, -0.25) is 15.0 Å². The fourth-order valence-electron chi connectivity index (χ4n) is 2.38. The van der Waals surface area contributed by atoms with Gasteiger partial charge in [-0.15, -0.1) is 0 Å². The van der Waals surface area contributed by atoms with Crippen LogP contribution in [0.5, 0.6) is 0 Å². The van der Waals surface area contributed by atoms with Crippen LogP contribution in [0.1, 0.15) is 12.0 Å². The van der Waals surface area contributed by atoms with Crippen molar-refractivity contribution >= 4 is 15.9 Å². The molecule has 0 aromatic heterocycles. The Hall–Kier alpha value is -1.72. The average Bonchev–Trinajstić information content (AvgIpc) is 2.98. The minimum atomic E-state index is -0.367. The second-order valence-electron chi connectivity index (χ2n) is 5.24. The third kappa shape index (κ3) is 5.58. The van der Waals surface area contributed by atoms with Gasteiger partial charge in [-0.1, -0.05) is 64.5 Å². The lowest BCUT2D eigenvalue weighted by atomic mass is 10.2. The van der Waals surface area contributed by atoms with E-state index in [9.17, 15) is 10.1 Å². The largest absolute Gasteiger partial charge is 0.292 e. The molecule has 1 atom stereocenters. The summed E-state index contributed by atoms with van der Waals surface area (Å²) in [6.45, 7) is 2.24. The highest BCUT2D eigenvalue weighted by molar-refractivity contribution is 9.10. The van der Waals surface area contributed by atoms with Crippen molar-refractivity contribution in [2.75, 3.05) is 13.1 Å². The summed E-state index contributed by atoms with van der Waals surface area (Å²) in [5.41, 5.74) is 1.22. The van der Waals surface area contributed by atoms with Crippen molar-refractivity contribution < 1.29 is 4.92 Å². The van der Waals surface area contributed by atoms with Gasteiger partial charge in [-0.2, -0.15) is 0 Å². The van der Waals surface area contributed by atoms with Gasteiger partial charge in [0.15, 0.2) is 0 Å². The zero-order valence-corrected chi connectivity index (χ0v) is 13.9. The molecule has 22 heavy (non-hydrogen) atoms. The number of likely N-dealkylation sites (tertiary alicyclic amines) is 1. The highest BCUT2D eigenvalue weighted by Gasteiger charge is 2.30. The molecule has 0 amide bonds. The van der Waals surface area contributed by atoms with E-state index in [4.69, 9.17) is 0 Å². The second kappa shape index (κ2) is 8.66. The van der Waals surface area contributed by atoms with Crippen LogP contribution < -0.4 is 0 Å². The van der Waals surface area contributed by atoms with Crippen molar-refractivity contribution in [2.45, 2.75) is 19.0 Å². The SMILES string of the molecule is Brc1ccccc1.O=[N+]([O-])C1CCN(Cc2ccccc2)C1. The third-order valence-corrected chi connectivity index (χ3v) is 4.06. The summed E-state index contributed by atoms with van der Waals surface area (Å²) in [6.07, 6.45) is 0.680. The molecule has 1 unspecified atom stereocenters. The van der Waals surface area contributed by atoms with Crippen molar-refractivity contribution in [3.05, 3.63) is 80.8 Å². The van der Waals surface area contributed by atoms with Gasteiger partial charge >= 0.3 is 0 Å². The van der Waals surface area contributed by atoms with Gasteiger partial charge in [0.2, 0.25) is 6.04 Å². The smallest absolute Gasteiger partial charge is 0.226 e. The molecule has 0 aliphatic carbocycles. The van der Waals surface area contributed by atoms with E-state index < -0.39 is 0 Å². The molecule has 1 aliphatic rings. The van der Waals surface area contributed by atoms with Crippen LogP contribution >= 0.6 is 15.9 Å². The minimum absolute atomic E-state index is 0.162. The Bertz CT molecular complexity index is 578. The molecule has 0 saturated carbocycles. The first-order valence-electron chi connectivity index (χ1n) is 7.25. The lowest BCUT2D eigenvalue weighted by molar-refractivity contribution is -0.518. The third-order valence-electron chi connectivity index (χ3n) is 3.53. The maximum atomic E-state index is 10.6. The second-order valence-corrected chi connectivity index (χ2v) is 6.16. The first kappa shape index (κ1) is 16.6. The van der Waals surface area contributed by atoms with Crippen LogP contribution in [0, 0.1) is 10.1 Å². The summed E-state index contributed by atoms with van der Waals surface area (Å²) >= 11 is 3.31. The predicted molar refractivity (Wildman–Crippen MR) is 91.3 cm³/mol. The van der Waals surface area contributed by atoms with Crippen LogP contribution in [0.2, 0.25) is 0 Å². The molecular weight excluding hydrogens is 344 g/mol. The summed E-state index contributed by atoms with van der Waals surface area (Å²) in [7, 11) is 0. The minimum Gasteiger partial charge on any atom is -0.292 e. The van der Waals surface area contributed by atoms with Crippen LogP contribution in [-0.2, 0) is 6.54 Å². The van der Waals surface area contributed by atoms with E-state index in [1.54, 1.807) is 0 Å². The Morgan fingerprint density at radius 2 is 1.68 bits per heavy atom. The maximum absolute atomic E-state index is 10.6. The maximum Gasteiger partial charge on any atom is 0.226 e. The molecular formula is C17H19BrN2O2. The topological polar surface area (TPSA) is 46.4 Å². The van der Waals surface area contributed by atoms with Gasteiger partial charge in [-0.05, 0) is 17.7 Å². The van der Waals surface area contributed by atoms with Crippen LogP contribution in [0.25, 0.3) is 0 Å². The molecule has 1 heterocycles. The van der Waals surface area contributed by atoms with Gasteiger partial charge in [0.05, 0.1) is 6.54 Å². The summed E-state index contributed by atoms with van der Waals surface area (Å²) < 4.78 is 1.13. The molecule has 116 valence electrons. The van der Waals surface area contributed by atoms with E-state index in [2.05, 4.69) is 33.0 Å². The molecule has 3 rings (SSSR count). The summed E-state index contributed by atoms with van der Waals surface area (Å²) in [5, 5.41) is 10.6. The Balaban J connectivity index is 0.000000211. The summed E-state index contributed by atoms with van der Waals surface area (Å²) in [5.74, 6) is 0. The number of halogens is 1. The molecule has 0 radical (unpaired) electrons. The standard InChI is InChI=1S/C11H14N2O2.C6H5Br/c14-13(15)11-6-7-12(9-11)8-10-4-2-1-3-5-10;7-6-4-2-1-3-5-6/h1-5,11H,6-9H2;1-5H. The van der Waals surface area contributed by atoms with Crippen LogP contribution in [0.4, 0.5) is 0 Å². The van der Waals surface area contributed by atoms with Crippen molar-refractivity contribution in [2.24, 2.45) is 0 Å². The molecule has 1 fully saturated rings. The lowest BCUT2D eigenvalue weighted by Crippen LogP contribution is -2.25. The zero-order valence-electron chi connectivity index (χ0n) is 12.3. The van der Waals surface area contributed by atoms with E-state index in [0.29, 0.717) is 13.0 Å². The molecule has 4 nitrogen and oxygen atoms in total. The molecule has 5 heteroatoms. The Morgan fingerprint density at radius 1 is 1.09 bits per heavy atom. The van der Waals surface area contributed by atoms with E-state index in [1.165, 1.54) is 5.56 Å². The molecule has 0 spiro atoms. The van der Waals surface area contributed by atoms with Crippen LogP contribution in [0.15, 0.2) is 65.1 Å². The first-order valence-corrected chi connectivity index (χ1v) is 8.05. The molecule has 1 saturated heterocycles. The fourth-order valence-corrected chi connectivity index (χ4v) is 2.69. The molecule has 2 aromatic rings. The van der Waals surface area contributed by atoms with Gasteiger partial charge in [0.1, 0.15) is 0 Å². The predicted octanol–water partition coefficient (Wildman–Crippen LogP) is 3.99. The Morgan fingerprint density at radius 3 is 2.14 bits per heavy atom. The van der Waals surface area contributed by atoms with Crippen LogP contribution in [0.3, 0.4) is 0 Å². The van der Waals surface area contributed by atoms with Gasteiger partial charge in [0, 0.05) is 28.9 Å². The Kier molecular flexibility index (Phi) is 6.55. The van der Waals surface area contributed by atoms with Crippen molar-refractivity contribution in [3.63, 3.8) is 0 Å². The highest BCUT2D eigenvalue weighted by atomic mass is 79.9. The zero-order chi connectivity index (χ0) is 15.8. The Labute approximate surface area is 139 Å². The van der Waals surface area contributed by atoms with Gasteiger partial charge in [-0.25, -0.2) is 0 Å². The number of nitro groups is 1. The lowest BCUT2D eigenvalue weighted by Gasteiger charge is -2.13. The van der Waals surface area contributed by atoms with Crippen LogP contribution in [-0.4, -0.2) is 29.0 Å². The number of hydrogen-bond acceptors (Lipinski definition) is 3. The number of benzene rings is 2. The van der Waals surface area contributed by atoms with Crippen molar-refractivity contribution in [1.29, 1.82) is 0 Å². The summed E-state index contributed by atoms with van der Waals surface area (Å²) in [6, 6.07) is 19.7. The fraction of sp³-hybridized carbons (Fsp3) is 0.294. The average molecular weight is 363 g/mol. The highest BCUT2D eigenvalue weighted by Crippen LogP contribution is 2.15. The van der Waals surface area contributed by atoms with E-state index >= 15 is 0 Å². The molecule has 1 aliphatic heterocycles. The molecule has 0 N–H and O–H groups in total. The number of hydrogen-bond donors (Lipinski definition) is 0. The van der Waals surface area contributed by atoms with E-state index in [1.807, 2.05) is 48.5 Å². The monoisotopic (exact) mass is 362 g/mol. The van der Waals surface area contributed by atoms with E-state index in [0.717, 1.165) is 17.6 Å². The quantitative estimate of drug-likeness (QED) is 0.612. The first-order chi connectivity index (χ1) is 10.6. The van der Waals surface area contributed by atoms with Crippen molar-refractivity contribution in [1.82, 2.24) is 4.90 Å². The normalized spacial score (nSPS) is 17.6.